The Bertz CT molecular complexity index is 1180. The van der Waals surface area contributed by atoms with Crippen molar-refractivity contribution in [3.8, 4) is 16.9 Å². The SMILES string of the molecule is COc1cc(C(=O)Nc2cccc(-c3cccc(Br)c3C)c2C)ncc1CN1CC[C@@H](O)C1. The largest absolute Gasteiger partial charge is 0.496 e. The average molecular weight is 510 g/mol. The van der Waals surface area contributed by atoms with Crippen LogP contribution in [0, 0.1) is 13.8 Å². The highest BCUT2D eigenvalue weighted by atomic mass is 79.9. The van der Waals surface area contributed by atoms with Gasteiger partial charge in [-0.1, -0.05) is 40.2 Å². The Morgan fingerprint density at radius 2 is 1.94 bits per heavy atom. The number of pyridine rings is 1. The number of rotatable bonds is 6. The Morgan fingerprint density at radius 1 is 1.21 bits per heavy atom. The Balaban J connectivity index is 1.55. The first-order valence-corrected chi connectivity index (χ1v) is 11.8. The fourth-order valence-corrected chi connectivity index (χ4v) is 4.61. The normalized spacial score (nSPS) is 16.1. The molecule has 2 N–H and O–H groups in total. The molecule has 1 atom stereocenters. The van der Waals surface area contributed by atoms with E-state index in [-0.39, 0.29) is 12.0 Å². The van der Waals surface area contributed by atoms with Gasteiger partial charge >= 0.3 is 0 Å². The van der Waals surface area contributed by atoms with Crippen LogP contribution in [-0.4, -0.2) is 47.2 Å². The van der Waals surface area contributed by atoms with Crippen LogP contribution in [0.1, 0.15) is 33.6 Å². The van der Waals surface area contributed by atoms with Gasteiger partial charge in [0.15, 0.2) is 0 Å². The molecule has 1 aromatic heterocycles. The molecule has 3 aromatic rings. The topological polar surface area (TPSA) is 74.7 Å². The van der Waals surface area contributed by atoms with Crippen LogP contribution in [-0.2, 0) is 6.54 Å². The van der Waals surface area contributed by atoms with Gasteiger partial charge in [0, 0.05) is 47.6 Å². The molecule has 0 radical (unpaired) electrons. The smallest absolute Gasteiger partial charge is 0.274 e. The van der Waals surface area contributed by atoms with E-state index >= 15 is 0 Å². The molecule has 0 bridgehead atoms. The Labute approximate surface area is 202 Å². The van der Waals surface area contributed by atoms with E-state index in [2.05, 4.69) is 50.2 Å². The number of nitrogens with one attached hydrogen (secondary N) is 1. The molecular weight excluding hydrogens is 482 g/mol. The minimum Gasteiger partial charge on any atom is -0.496 e. The van der Waals surface area contributed by atoms with Crippen LogP contribution in [0.2, 0.25) is 0 Å². The zero-order chi connectivity index (χ0) is 23.5. The molecule has 1 saturated heterocycles. The maximum Gasteiger partial charge on any atom is 0.274 e. The first-order chi connectivity index (χ1) is 15.9. The lowest BCUT2D eigenvalue weighted by Gasteiger charge is -2.18. The number of β-amino-alcohol motifs (C(OH)–C–C–N with tert-alkyl or cyclic N) is 1. The summed E-state index contributed by atoms with van der Waals surface area (Å²) in [5.74, 6) is 0.328. The highest BCUT2D eigenvalue weighted by Crippen LogP contribution is 2.34. The summed E-state index contributed by atoms with van der Waals surface area (Å²) in [7, 11) is 1.59. The molecule has 1 aliphatic heterocycles. The highest BCUT2D eigenvalue weighted by molar-refractivity contribution is 9.10. The Morgan fingerprint density at radius 3 is 2.64 bits per heavy atom. The molecule has 6 nitrogen and oxygen atoms in total. The van der Waals surface area contributed by atoms with E-state index in [1.807, 2.05) is 31.2 Å². The van der Waals surface area contributed by atoms with Gasteiger partial charge < -0.3 is 15.2 Å². The molecule has 172 valence electrons. The first kappa shape index (κ1) is 23.4. The average Bonchev–Trinajstić information content (AvgIpc) is 3.22. The third-order valence-corrected chi connectivity index (χ3v) is 7.04. The van der Waals surface area contributed by atoms with Gasteiger partial charge in [0.05, 0.1) is 13.2 Å². The van der Waals surface area contributed by atoms with Crippen molar-refractivity contribution in [1.82, 2.24) is 9.88 Å². The maximum absolute atomic E-state index is 13.0. The number of aliphatic hydroxyl groups excluding tert-OH is 1. The van der Waals surface area contributed by atoms with Gasteiger partial charge in [-0.2, -0.15) is 0 Å². The van der Waals surface area contributed by atoms with Crippen LogP contribution in [0.25, 0.3) is 11.1 Å². The number of carbonyl (C=O) groups is 1. The van der Waals surface area contributed by atoms with Crippen molar-refractivity contribution in [2.75, 3.05) is 25.5 Å². The van der Waals surface area contributed by atoms with Gasteiger partial charge in [0.25, 0.3) is 5.91 Å². The van der Waals surface area contributed by atoms with E-state index < -0.39 is 0 Å². The van der Waals surface area contributed by atoms with E-state index in [0.717, 1.165) is 50.9 Å². The molecule has 2 heterocycles. The van der Waals surface area contributed by atoms with E-state index in [4.69, 9.17) is 4.74 Å². The summed E-state index contributed by atoms with van der Waals surface area (Å²) >= 11 is 3.60. The molecule has 33 heavy (non-hydrogen) atoms. The van der Waals surface area contributed by atoms with Gasteiger partial charge in [-0.05, 0) is 54.7 Å². The zero-order valence-corrected chi connectivity index (χ0v) is 20.6. The van der Waals surface area contributed by atoms with Crippen molar-refractivity contribution in [2.24, 2.45) is 0 Å². The number of ether oxygens (including phenoxy) is 1. The summed E-state index contributed by atoms with van der Waals surface area (Å²) in [6.07, 6.45) is 2.18. The number of amides is 1. The fourth-order valence-electron chi connectivity index (χ4n) is 4.24. The minimum atomic E-state index is -0.289. The van der Waals surface area contributed by atoms with E-state index in [9.17, 15) is 9.90 Å². The van der Waals surface area contributed by atoms with E-state index in [0.29, 0.717) is 24.5 Å². The summed E-state index contributed by atoms with van der Waals surface area (Å²) in [6, 6.07) is 13.7. The summed E-state index contributed by atoms with van der Waals surface area (Å²) in [6.45, 7) is 6.18. The summed E-state index contributed by atoms with van der Waals surface area (Å²) in [5, 5.41) is 12.8. The van der Waals surface area contributed by atoms with Crippen molar-refractivity contribution in [3.63, 3.8) is 0 Å². The van der Waals surface area contributed by atoms with Crippen LogP contribution >= 0.6 is 15.9 Å². The number of likely N-dealkylation sites (tertiary alicyclic amines) is 1. The van der Waals surface area contributed by atoms with Crippen LogP contribution in [0.15, 0.2) is 53.1 Å². The van der Waals surface area contributed by atoms with Gasteiger partial charge in [-0.15, -0.1) is 0 Å². The maximum atomic E-state index is 13.0. The number of methoxy groups -OCH3 is 1. The summed E-state index contributed by atoms with van der Waals surface area (Å²) in [5.41, 5.74) is 6.26. The number of halogens is 1. The second kappa shape index (κ2) is 10.0. The Kier molecular flexibility index (Phi) is 7.12. The van der Waals surface area contributed by atoms with Gasteiger partial charge in [-0.3, -0.25) is 14.7 Å². The lowest BCUT2D eigenvalue weighted by molar-refractivity contribution is 0.102. The molecule has 1 fully saturated rings. The van der Waals surface area contributed by atoms with Crippen LogP contribution in [0.4, 0.5) is 5.69 Å². The third-order valence-electron chi connectivity index (χ3n) is 6.18. The third kappa shape index (κ3) is 5.11. The molecule has 1 amide bonds. The minimum absolute atomic E-state index is 0.284. The summed E-state index contributed by atoms with van der Waals surface area (Å²) in [4.78, 5) is 19.6. The van der Waals surface area contributed by atoms with Crippen molar-refractivity contribution >= 4 is 27.5 Å². The standard InChI is InChI=1S/C26H28BrN3O3/c1-16-20(6-4-8-22(16)27)21-7-5-9-23(17(21)2)29-26(32)24-12-25(33-3)18(13-28-24)14-30-11-10-19(31)15-30/h4-9,12-13,19,31H,10-11,14-15H2,1-3H3,(H,29,32)/t19-/m1/s1. The number of hydrogen-bond acceptors (Lipinski definition) is 5. The monoisotopic (exact) mass is 509 g/mol. The fraction of sp³-hybridized carbons (Fsp3) is 0.308. The molecular formula is C26H28BrN3O3. The van der Waals surface area contributed by atoms with E-state index in [1.165, 1.54) is 0 Å². The molecule has 0 unspecified atom stereocenters. The van der Waals surface area contributed by atoms with Crippen LogP contribution in [0.5, 0.6) is 5.75 Å². The number of anilines is 1. The van der Waals surface area contributed by atoms with Crippen LogP contribution < -0.4 is 10.1 Å². The first-order valence-electron chi connectivity index (χ1n) is 11.0. The quantitative estimate of drug-likeness (QED) is 0.491. The van der Waals surface area contributed by atoms with Crippen molar-refractivity contribution < 1.29 is 14.6 Å². The number of hydrogen-bond donors (Lipinski definition) is 2. The van der Waals surface area contributed by atoms with Gasteiger partial charge in [0.2, 0.25) is 0 Å². The number of nitrogens with zero attached hydrogens (tertiary/aromatic N) is 2. The zero-order valence-electron chi connectivity index (χ0n) is 19.1. The highest BCUT2D eigenvalue weighted by Gasteiger charge is 2.22. The molecule has 1 aliphatic rings. The van der Waals surface area contributed by atoms with Crippen molar-refractivity contribution in [3.05, 3.63) is 75.5 Å². The second-order valence-corrected chi connectivity index (χ2v) is 9.26. The number of aromatic nitrogens is 1. The van der Waals surface area contributed by atoms with Crippen molar-refractivity contribution in [1.29, 1.82) is 0 Å². The molecule has 0 saturated carbocycles. The molecule has 4 rings (SSSR count). The molecule has 0 spiro atoms. The van der Waals surface area contributed by atoms with Gasteiger partial charge in [0.1, 0.15) is 11.4 Å². The van der Waals surface area contributed by atoms with Gasteiger partial charge in [-0.25, -0.2) is 0 Å². The lowest BCUT2D eigenvalue weighted by atomic mass is 9.95. The number of aliphatic hydroxyl groups is 1. The molecule has 0 aliphatic carbocycles. The predicted octanol–water partition coefficient (Wildman–Crippen LogP) is 4.96. The number of carbonyl (C=O) groups excluding carboxylic acids is 1. The second-order valence-electron chi connectivity index (χ2n) is 8.40. The Hall–Kier alpha value is -2.74. The van der Waals surface area contributed by atoms with E-state index in [1.54, 1.807) is 19.4 Å². The molecule has 7 heteroatoms. The lowest BCUT2D eigenvalue weighted by Crippen LogP contribution is -2.22. The molecule has 2 aromatic carbocycles. The summed E-state index contributed by atoms with van der Waals surface area (Å²) < 4.78 is 6.58. The van der Waals surface area contributed by atoms with Crippen LogP contribution in [0.3, 0.4) is 0 Å². The van der Waals surface area contributed by atoms with Crippen molar-refractivity contribution in [2.45, 2.75) is 32.9 Å². The predicted molar refractivity (Wildman–Crippen MR) is 134 cm³/mol. The number of benzene rings is 2.